The summed E-state index contributed by atoms with van der Waals surface area (Å²) in [5.41, 5.74) is 1.19. The lowest BCUT2D eigenvalue weighted by atomic mass is 10.2. The van der Waals surface area contributed by atoms with E-state index in [0.717, 1.165) is 4.90 Å². The third-order valence-electron chi connectivity index (χ3n) is 2.37. The van der Waals surface area contributed by atoms with E-state index in [0.29, 0.717) is 18.1 Å². The molecule has 0 saturated carbocycles. The molecule has 0 unspecified atom stereocenters. The average molecular weight is 262 g/mol. The number of carbonyl (C=O) groups excluding carboxylic acids is 1. The van der Waals surface area contributed by atoms with Gasteiger partial charge in [0.05, 0.1) is 12.3 Å². The number of H-pyrrole nitrogens is 1. The molecule has 1 aromatic carbocycles. The molecular formula is C12H14N4OS. The molecule has 0 bridgehead atoms. The van der Waals surface area contributed by atoms with Crippen molar-refractivity contribution < 1.29 is 4.79 Å². The van der Waals surface area contributed by atoms with Gasteiger partial charge in [-0.15, -0.1) is 11.8 Å². The van der Waals surface area contributed by atoms with E-state index in [9.17, 15) is 4.79 Å². The average Bonchev–Trinajstić information content (AvgIpc) is 2.88. The second kappa shape index (κ2) is 6.20. The SMILES string of the molecule is Cc1ccccc1SCC(=O)NCc1ncn[nH]1. The molecule has 0 aliphatic carbocycles. The Kier molecular flexibility index (Phi) is 4.35. The maximum atomic E-state index is 11.6. The molecule has 0 aliphatic rings. The van der Waals surface area contributed by atoms with Crippen LogP contribution >= 0.6 is 11.8 Å². The van der Waals surface area contributed by atoms with E-state index in [-0.39, 0.29) is 5.91 Å². The van der Waals surface area contributed by atoms with Gasteiger partial charge >= 0.3 is 0 Å². The van der Waals surface area contributed by atoms with Crippen LogP contribution in [0.5, 0.6) is 0 Å². The van der Waals surface area contributed by atoms with Crippen LogP contribution in [0.3, 0.4) is 0 Å². The number of aromatic nitrogens is 3. The third kappa shape index (κ3) is 3.59. The monoisotopic (exact) mass is 262 g/mol. The van der Waals surface area contributed by atoms with Crippen LogP contribution < -0.4 is 5.32 Å². The number of thioether (sulfide) groups is 1. The topological polar surface area (TPSA) is 70.7 Å². The Morgan fingerprint density at radius 1 is 1.44 bits per heavy atom. The first-order valence-corrected chi connectivity index (χ1v) is 6.53. The molecule has 0 spiro atoms. The van der Waals surface area contributed by atoms with Crippen LogP contribution in [0, 0.1) is 6.92 Å². The standard InChI is InChI=1S/C12H14N4OS/c1-9-4-2-3-5-10(9)18-7-12(17)13-6-11-14-8-15-16-11/h2-5,8H,6-7H2,1H3,(H,13,17)(H,14,15,16). The Bertz CT molecular complexity index is 513. The van der Waals surface area contributed by atoms with Crippen LogP contribution in [0.25, 0.3) is 0 Å². The summed E-state index contributed by atoms with van der Waals surface area (Å²) in [6.45, 7) is 2.42. The van der Waals surface area contributed by atoms with Crippen LogP contribution in [0.15, 0.2) is 35.5 Å². The highest BCUT2D eigenvalue weighted by molar-refractivity contribution is 8.00. The highest BCUT2D eigenvalue weighted by atomic mass is 32.2. The fourth-order valence-corrected chi connectivity index (χ4v) is 2.27. The lowest BCUT2D eigenvalue weighted by molar-refractivity contribution is -0.118. The van der Waals surface area contributed by atoms with Crippen molar-refractivity contribution in [1.82, 2.24) is 20.5 Å². The quantitative estimate of drug-likeness (QED) is 0.802. The molecule has 5 nitrogen and oxygen atoms in total. The number of aryl methyl sites for hydroxylation is 1. The van der Waals surface area contributed by atoms with Gasteiger partial charge in [-0.2, -0.15) is 5.10 Å². The van der Waals surface area contributed by atoms with Gasteiger partial charge in [0.2, 0.25) is 5.91 Å². The Balaban J connectivity index is 1.77. The maximum absolute atomic E-state index is 11.6. The predicted molar refractivity (Wildman–Crippen MR) is 70.1 cm³/mol. The van der Waals surface area contributed by atoms with Gasteiger partial charge in [0.1, 0.15) is 12.2 Å². The van der Waals surface area contributed by atoms with Crippen molar-refractivity contribution in [1.29, 1.82) is 0 Å². The molecule has 0 radical (unpaired) electrons. The van der Waals surface area contributed by atoms with Crippen LogP contribution in [0.1, 0.15) is 11.4 Å². The smallest absolute Gasteiger partial charge is 0.230 e. The number of amides is 1. The van der Waals surface area contributed by atoms with E-state index >= 15 is 0 Å². The van der Waals surface area contributed by atoms with Crippen molar-refractivity contribution in [2.24, 2.45) is 0 Å². The Hall–Kier alpha value is -1.82. The van der Waals surface area contributed by atoms with Crippen molar-refractivity contribution in [2.75, 3.05) is 5.75 Å². The Morgan fingerprint density at radius 2 is 2.28 bits per heavy atom. The number of benzene rings is 1. The maximum Gasteiger partial charge on any atom is 0.230 e. The highest BCUT2D eigenvalue weighted by Gasteiger charge is 2.05. The summed E-state index contributed by atoms with van der Waals surface area (Å²) >= 11 is 1.53. The Morgan fingerprint density at radius 3 is 3.00 bits per heavy atom. The molecule has 2 aromatic rings. The Labute approximate surface area is 109 Å². The van der Waals surface area contributed by atoms with Crippen molar-refractivity contribution in [2.45, 2.75) is 18.4 Å². The van der Waals surface area contributed by atoms with E-state index in [1.54, 1.807) is 0 Å². The van der Waals surface area contributed by atoms with E-state index in [4.69, 9.17) is 0 Å². The lowest BCUT2D eigenvalue weighted by Gasteiger charge is -2.05. The van der Waals surface area contributed by atoms with Gasteiger partial charge in [0, 0.05) is 4.90 Å². The highest BCUT2D eigenvalue weighted by Crippen LogP contribution is 2.21. The zero-order valence-electron chi connectivity index (χ0n) is 10.0. The van der Waals surface area contributed by atoms with Gasteiger partial charge in [0.15, 0.2) is 0 Å². The molecule has 0 aliphatic heterocycles. The van der Waals surface area contributed by atoms with Crippen molar-refractivity contribution in [3.05, 3.63) is 42.0 Å². The van der Waals surface area contributed by atoms with E-state index in [1.807, 2.05) is 31.2 Å². The van der Waals surface area contributed by atoms with Gasteiger partial charge < -0.3 is 5.32 Å². The molecular weight excluding hydrogens is 248 g/mol. The number of carbonyl (C=O) groups is 1. The number of nitrogens with zero attached hydrogens (tertiary/aromatic N) is 2. The van der Waals surface area contributed by atoms with E-state index in [2.05, 4.69) is 20.5 Å². The lowest BCUT2D eigenvalue weighted by Crippen LogP contribution is -2.25. The minimum Gasteiger partial charge on any atom is -0.348 e. The van der Waals surface area contributed by atoms with Gasteiger partial charge in [-0.25, -0.2) is 4.98 Å². The van der Waals surface area contributed by atoms with Crippen LogP contribution in [0.4, 0.5) is 0 Å². The molecule has 94 valence electrons. The van der Waals surface area contributed by atoms with E-state index < -0.39 is 0 Å². The molecule has 0 atom stereocenters. The molecule has 0 saturated heterocycles. The molecule has 0 fully saturated rings. The van der Waals surface area contributed by atoms with Gasteiger partial charge in [-0.3, -0.25) is 9.89 Å². The van der Waals surface area contributed by atoms with Crippen molar-refractivity contribution in [3.8, 4) is 0 Å². The summed E-state index contributed by atoms with van der Waals surface area (Å²) in [4.78, 5) is 16.7. The normalized spacial score (nSPS) is 10.3. The van der Waals surface area contributed by atoms with Gasteiger partial charge in [-0.05, 0) is 18.6 Å². The molecule has 6 heteroatoms. The molecule has 2 N–H and O–H groups in total. The number of aromatic amines is 1. The summed E-state index contributed by atoms with van der Waals surface area (Å²) in [6.07, 6.45) is 1.42. The first kappa shape index (κ1) is 12.6. The first-order valence-electron chi connectivity index (χ1n) is 5.55. The zero-order valence-corrected chi connectivity index (χ0v) is 10.8. The molecule has 1 aromatic heterocycles. The van der Waals surface area contributed by atoms with Gasteiger partial charge in [-0.1, -0.05) is 18.2 Å². The number of hydrogen-bond donors (Lipinski definition) is 2. The molecule has 18 heavy (non-hydrogen) atoms. The zero-order chi connectivity index (χ0) is 12.8. The third-order valence-corrected chi connectivity index (χ3v) is 3.55. The van der Waals surface area contributed by atoms with Crippen LogP contribution in [0.2, 0.25) is 0 Å². The number of rotatable bonds is 5. The summed E-state index contributed by atoms with van der Waals surface area (Å²) in [6, 6.07) is 8.02. The largest absolute Gasteiger partial charge is 0.348 e. The second-order valence-electron chi connectivity index (χ2n) is 3.76. The molecule has 1 heterocycles. The van der Waals surface area contributed by atoms with Crippen molar-refractivity contribution in [3.63, 3.8) is 0 Å². The second-order valence-corrected chi connectivity index (χ2v) is 4.78. The first-order chi connectivity index (χ1) is 8.75. The fraction of sp³-hybridized carbons (Fsp3) is 0.250. The number of nitrogens with one attached hydrogen (secondary N) is 2. The van der Waals surface area contributed by atoms with Crippen molar-refractivity contribution >= 4 is 17.7 Å². The summed E-state index contributed by atoms with van der Waals surface area (Å²) in [7, 11) is 0. The van der Waals surface area contributed by atoms with Crippen LogP contribution in [-0.2, 0) is 11.3 Å². The minimum absolute atomic E-state index is 0.0142. The van der Waals surface area contributed by atoms with Gasteiger partial charge in [0.25, 0.3) is 0 Å². The van der Waals surface area contributed by atoms with Crippen LogP contribution in [-0.4, -0.2) is 26.8 Å². The summed E-state index contributed by atoms with van der Waals surface area (Å²) < 4.78 is 0. The molecule has 2 rings (SSSR count). The summed E-state index contributed by atoms with van der Waals surface area (Å²) in [5.74, 6) is 1.04. The predicted octanol–water partition coefficient (Wildman–Crippen LogP) is 1.52. The fourth-order valence-electron chi connectivity index (χ4n) is 1.41. The summed E-state index contributed by atoms with van der Waals surface area (Å²) in [5, 5.41) is 9.19. The molecule has 1 amide bonds. The minimum atomic E-state index is -0.0142. The van der Waals surface area contributed by atoms with E-state index in [1.165, 1.54) is 23.7 Å². The number of hydrogen-bond acceptors (Lipinski definition) is 4.